The van der Waals surface area contributed by atoms with Crippen molar-refractivity contribution in [2.24, 2.45) is 0 Å². The van der Waals surface area contributed by atoms with Gasteiger partial charge in [-0.3, -0.25) is 4.90 Å². The van der Waals surface area contributed by atoms with Gasteiger partial charge >= 0.3 is 0 Å². The summed E-state index contributed by atoms with van der Waals surface area (Å²) in [7, 11) is 0. The van der Waals surface area contributed by atoms with Crippen LogP contribution in [0.3, 0.4) is 0 Å². The maximum Gasteiger partial charge on any atom is 0.101 e. The van der Waals surface area contributed by atoms with Gasteiger partial charge in [-0.2, -0.15) is 0 Å². The zero-order valence-corrected chi connectivity index (χ0v) is 8.08. The average Bonchev–Trinajstić information content (AvgIpc) is 2.15. The molecule has 1 aliphatic heterocycles. The van der Waals surface area contributed by atoms with Gasteiger partial charge in [0.2, 0.25) is 0 Å². The van der Waals surface area contributed by atoms with Crippen molar-refractivity contribution in [2.75, 3.05) is 26.7 Å². The maximum absolute atomic E-state index is 5.47. The highest BCUT2D eigenvalue weighted by molar-refractivity contribution is 4.55. The molecule has 0 aromatic carbocycles. The molecule has 3 nitrogen and oxygen atoms in total. The van der Waals surface area contributed by atoms with Crippen molar-refractivity contribution < 1.29 is 9.47 Å². The van der Waals surface area contributed by atoms with Crippen molar-refractivity contribution in [1.82, 2.24) is 4.90 Å². The summed E-state index contributed by atoms with van der Waals surface area (Å²) in [5, 5.41) is 0. The van der Waals surface area contributed by atoms with E-state index in [0.29, 0.717) is 19.5 Å². The number of hydrogen-bond acceptors (Lipinski definition) is 3. The minimum Gasteiger partial charge on any atom is -0.366 e. The Morgan fingerprint density at radius 3 is 1.92 bits per heavy atom. The molecule has 1 rings (SSSR count). The molecule has 1 heterocycles. The Balaban J connectivity index is 2.28. The fraction of sp³-hybridized carbons (Fsp3) is 1.00. The minimum absolute atomic E-state index is 0.503. The summed E-state index contributed by atoms with van der Waals surface area (Å²) in [6, 6.07) is 0.503. The van der Waals surface area contributed by atoms with Crippen LogP contribution in [0.5, 0.6) is 0 Å². The highest BCUT2D eigenvalue weighted by atomic mass is 16.5. The number of nitrogens with zero attached hydrogens (tertiary/aromatic N) is 1. The van der Waals surface area contributed by atoms with Crippen LogP contribution in [-0.4, -0.2) is 37.6 Å². The molecule has 0 aromatic rings. The lowest BCUT2D eigenvalue weighted by Crippen LogP contribution is -2.34. The fourth-order valence-electron chi connectivity index (χ4n) is 1.11. The van der Waals surface area contributed by atoms with Crippen LogP contribution in [0.15, 0.2) is 0 Å². The van der Waals surface area contributed by atoms with Gasteiger partial charge in [0.25, 0.3) is 0 Å². The molecule has 1 saturated heterocycles. The van der Waals surface area contributed by atoms with Crippen LogP contribution in [0, 0.1) is 0 Å². The molecule has 0 amide bonds. The van der Waals surface area contributed by atoms with Gasteiger partial charge in [0.1, 0.15) is 13.5 Å². The van der Waals surface area contributed by atoms with E-state index in [0.717, 1.165) is 26.1 Å². The molecule has 0 unspecified atom stereocenters. The van der Waals surface area contributed by atoms with E-state index in [4.69, 9.17) is 9.47 Å². The molecule has 0 N–H and O–H groups in total. The third-order valence-electron chi connectivity index (χ3n) is 2.07. The fourth-order valence-corrected chi connectivity index (χ4v) is 1.11. The Morgan fingerprint density at radius 2 is 1.50 bits per heavy atom. The van der Waals surface area contributed by atoms with Gasteiger partial charge in [0.15, 0.2) is 0 Å². The smallest absolute Gasteiger partial charge is 0.101 e. The Hall–Kier alpha value is -0.120. The van der Waals surface area contributed by atoms with E-state index < -0.39 is 0 Å². The first-order valence-electron chi connectivity index (χ1n) is 4.70. The standard InChI is InChI=1S/C9H19NO2/c1-9(2)10-7-11-5-3-4-6-12-8-10/h9H,3-8H2,1-2H3. The van der Waals surface area contributed by atoms with Gasteiger partial charge in [-0.1, -0.05) is 0 Å². The molecule has 0 aromatic heterocycles. The van der Waals surface area contributed by atoms with Gasteiger partial charge in [0.05, 0.1) is 0 Å². The van der Waals surface area contributed by atoms with Crippen LogP contribution in [0.1, 0.15) is 26.7 Å². The third-order valence-corrected chi connectivity index (χ3v) is 2.07. The van der Waals surface area contributed by atoms with Crippen LogP contribution in [0.25, 0.3) is 0 Å². The SMILES string of the molecule is CC(C)N1COCCCCOC1. The highest BCUT2D eigenvalue weighted by Gasteiger charge is 2.10. The molecule has 0 saturated carbocycles. The van der Waals surface area contributed by atoms with E-state index in [1.165, 1.54) is 0 Å². The molecule has 1 fully saturated rings. The predicted octanol–water partition coefficient (Wildman–Crippen LogP) is 1.44. The number of hydrogen-bond donors (Lipinski definition) is 0. The molecule has 0 bridgehead atoms. The minimum atomic E-state index is 0.503. The summed E-state index contributed by atoms with van der Waals surface area (Å²) < 4.78 is 10.9. The van der Waals surface area contributed by atoms with Crippen LogP contribution in [-0.2, 0) is 9.47 Å². The Bertz CT molecular complexity index is 107. The Kier molecular flexibility index (Phi) is 4.58. The predicted molar refractivity (Wildman–Crippen MR) is 47.8 cm³/mol. The summed E-state index contributed by atoms with van der Waals surface area (Å²) >= 11 is 0. The van der Waals surface area contributed by atoms with Crippen LogP contribution in [0.4, 0.5) is 0 Å². The topological polar surface area (TPSA) is 21.7 Å². The lowest BCUT2D eigenvalue weighted by Gasteiger charge is -2.24. The summed E-state index contributed by atoms with van der Waals surface area (Å²) in [4.78, 5) is 2.19. The van der Waals surface area contributed by atoms with Gasteiger partial charge in [-0.05, 0) is 26.7 Å². The molecule has 0 atom stereocenters. The molecular weight excluding hydrogens is 154 g/mol. The first-order chi connectivity index (χ1) is 5.80. The van der Waals surface area contributed by atoms with E-state index in [2.05, 4.69) is 18.7 Å². The van der Waals surface area contributed by atoms with Gasteiger partial charge < -0.3 is 9.47 Å². The zero-order valence-electron chi connectivity index (χ0n) is 8.08. The number of ether oxygens (including phenoxy) is 2. The van der Waals surface area contributed by atoms with Gasteiger partial charge in [0, 0.05) is 19.3 Å². The second kappa shape index (κ2) is 5.51. The molecular formula is C9H19NO2. The van der Waals surface area contributed by atoms with Gasteiger partial charge in [-0.15, -0.1) is 0 Å². The van der Waals surface area contributed by atoms with Gasteiger partial charge in [-0.25, -0.2) is 0 Å². The molecule has 3 heteroatoms. The van der Waals surface area contributed by atoms with Crippen molar-refractivity contribution in [3.8, 4) is 0 Å². The molecule has 0 aliphatic carbocycles. The molecule has 1 aliphatic rings. The van der Waals surface area contributed by atoms with E-state index in [-0.39, 0.29) is 0 Å². The lowest BCUT2D eigenvalue weighted by molar-refractivity contribution is -0.0471. The monoisotopic (exact) mass is 173 g/mol. The van der Waals surface area contributed by atoms with E-state index in [9.17, 15) is 0 Å². The van der Waals surface area contributed by atoms with Crippen molar-refractivity contribution in [1.29, 1.82) is 0 Å². The average molecular weight is 173 g/mol. The molecule has 0 radical (unpaired) electrons. The van der Waals surface area contributed by atoms with Crippen LogP contribution < -0.4 is 0 Å². The second-order valence-electron chi connectivity index (χ2n) is 3.46. The lowest BCUT2D eigenvalue weighted by atomic mass is 10.3. The molecule has 0 spiro atoms. The van der Waals surface area contributed by atoms with Crippen molar-refractivity contribution in [2.45, 2.75) is 32.7 Å². The van der Waals surface area contributed by atoms with Crippen molar-refractivity contribution >= 4 is 0 Å². The second-order valence-corrected chi connectivity index (χ2v) is 3.46. The maximum atomic E-state index is 5.47. The molecule has 72 valence electrons. The third kappa shape index (κ3) is 3.52. The summed E-state index contributed by atoms with van der Waals surface area (Å²) in [5.41, 5.74) is 0. The normalized spacial score (nSPS) is 23.2. The van der Waals surface area contributed by atoms with Crippen LogP contribution in [0.2, 0.25) is 0 Å². The largest absolute Gasteiger partial charge is 0.366 e. The van der Waals surface area contributed by atoms with Crippen molar-refractivity contribution in [3.63, 3.8) is 0 Å². The summed E-state index contributed by atoms with van der Waals surface area (Å²) in [6.45, 7) is 7.46. The Labute approximate surface area is 74.6 Å². The summed E-state index contributed by atoms with van der Waals surface area (Å²) in [5.74, 6) is 0. The van der Waals surface area contributed by atoms with E-state index >= 15 is 0 Å². The van der Waals surface area contributed by atoms with E-state index in [1.54, 1.807) is 0 Å². The first kappa shape index (κ1) is 9.96. The van der Waals surface area contributed by atoms with E-state index in [1.807, 2.05) is 0 Å². The van der Waals surface area contributed by atoms with Crippen LogP contribution >= 0.6 is 0 Å². The molecule has 12 heavy (non-hydrogen) atoms. The Morgan fingerprint density at radius 1 is 1.00 bits per heavy atom. The first-order valence-corrected chi connectivity index (χ1v) is 4.70. The van der Waals surface area contributed by atoms with Crippen molar-refractivity contribution in [3.05, 3.63) is 0 Å². The highest BCUT2D eigenvalue weighted by Crippen LogP contribution is 2.03. The number of rotatable bonds is 1. The zero-order chi connectivity index (χ0) is 8.81. The summed E-state index contributed by atoms with van der Waals surface area (Å²) in [6.07, 6.45) is 2.23. The quantitative estimate of drug-likeness (QED) is 0.599.